The summed E-state index contributed by atoms with van der Waals surface area (Å²) in [7, 11) is 0. The van der Waals surface area contributed by atoms with E-state index in [1.54, 1.807) is 23.1 Å². The van der Waals surface area contributed by atoms with Crippen molar-refractivity contribution in [3.8, 4) is 6.19 Å². The highest BCUT2D eigenvalue weighted by atomic mass is 35.5. The number of carbonyl (C=O) groups excluding carboxylic acids is 1. The van der Waals surface area contributed by atoms with Gasteiger partial charge in [0.2, 0.25) is 5.91 Å². The van der Waals surface area contributed by atoms with Gasteiger partial charge in [0.15, 0.2) is 11.4 Å². The molecule has 1 aliphatic heterocycles. The highest BCUT2D eigenvalue weighted by Crippen LogP contribution is 2.32. The van der Waals surface area contributed by atoms with Gasteiger partial charge in [-0.1, -0.05) is 23.4 Å². The van der Waals surface area contributed by atoms with Gasteiger partial charge in [-0.2, -0.15) is 5.26 Å². The second-order valence-electron chi connectivity index (χ2n) is 4.14. The Balaban J connectivity index is 2.34. The van der Waals surface area contributed by atoms with Crippen LogP contribution in [0.3, 0.4) is 0 Å². The number of thioether (sulfide) groups is 1. The van der Waals surface area contributed by atoms with E-state index in [0.29, 0.717) is 22.3 Å². The Morgan fingerprint density at radius 1 is 1.60 bits per heavy atom. The lowest BCUT2D eigenvalue weighted by Crippen LogP contribution is -2.23. The topological polar surface area (TPSA) is 68.5 Å². The average Bonchev–Trinajstić information content (AvgIpc) is 2.87. The van der Waals surface area contributed by atoms with E-state index in [-0.39, 0.29) is 5.91 Å². The number of nitrogens with one attached hydrogen (secondary N) is 1. The molecule has 1 aliphatic rings. The molecule has 0 aliphatic carbocycles. The monoisotopic (exact) mass is 308 g/mol. The average molecular weight is 309 g/mol. The standard InChI is InChI=1S/C13H13ClN4OS/c1-20-13(16-8-15)17-11-7-9(4-5-10(11)14)18-6-2-3-12(18)19/h4-5,7H,2-3,6H2,1H3,(H,16,17). The van der Waals surface area contributed by atoms with Gasteiger partial charge in [0.05, 0.1) is 10.7 Å². The van der Waals surface area contributed by atoms with E-state index in [1.807, 2.05) is 12.4 Å². The molecule has 0 bridgehead atoms. The zero-order chi connectivity index (χ0) is 14.5. The zero-order valence-corrected chi connectivity index (χ0v) is 12.5. The molecule has 0 spiro atoms. The maximum absolute atomic E-state index is 11.7. The van der Waals surface area contributed by atoms with Crippen molar-refractivity contribution in [2.24, 2.45) is 4.99 Å². The Morgan fingerprint density at radius 3 is 3.00 bits per heavy atom. The number of carbonyl (C=O) groups is 1. The van der Waals surface area contributed by atoms with Crippen LogP contribution in [0.1, 0.15) is 12.8 Å². The van der Waals surface area contributed by atoms with Crippen LogP contribution < -0.4 is 10.2 Å². The van der Waals surface area contributed by atoms with Crippen LogP contribution in [-0.4, -0.2) is 23.9 Å². The van der Waals surface area contributed by atoms with Crippen LogP contribution in [0, 0.1) is 11.5 Å². The van der Waals surface area contributed by atoms with Crippen LogP contribution in [0.5, 0.6) is 0 Å². The van der Waals surface area contributed by atoms with Crippen LogP contribution in [0.25, 0.3) is 0 Å². The van der Waals surface area contributed by atoms with Crippen molar-refractivity contribution in [1.29, 1.82) is 5.26 Å². The normalized spacial score (nSPS) is 15.3. The minimum Gasteiger partial charge on any atom is -0.312 e. The van der Waals surface area contributed by atoms with Crippen LogP contribution in [0.4, 0.5) is 11.4 Å². The number of hydrogen-bond acceptors (Lipinski definition) is 4. The lowest BCUT2D eigenvalue weighted by atomic mass is 10.2. The van der Waals surface area contributed by atoms with Gasteiger partial charge in [-0.15, -0.1) is 0 Å². The van der Waals surface area contributed by atoms with Crippen molar-refractivity contribution in [2.45, 2.75) is 12.8 Å². The van der Waals surface area contributed by atoms with E-state index in [2.05, 4.69) is 10.3 Å². The number of rotatable bonds is 2. The summed E-state index contributed by atoms with van der Waals surface area (Å²) in [6.45, 7) is 0.718. The van der Waals surface area contributed by atoms with Gasteiger partial charge in [-0.25, -0.2) is 4.99 Å². The molecule has 0 aromatic heterocycles. The molecule has 1 aromatic rings. The number of hydrogen-bond donors (Lipinski definition) is 1. The predicted molar refractivity (Wildman–Crippen MR) is 82.4 cm³/mol. The molecule has 7 heteroatoms. The first-order valence-electron chi connectivity index (χ1n) is 6.03. The minimum atomic E-state index is 0.113. The maximum atomic E-state index is 11.7. The molecule has 5 nitrogen and oxygen atoms in total. The number of anilines is 1. The molecule has 1 heterocycles. The first-order chi connectivity index (χ1) is 9.65. The van der Waals surface area contributed by atoms with E-state index in [1.165, 1.54) is 11.8 Å². The van der Waals surface area contributed by atoms with Gasteiger partial charge in [0.25, 0.3) is 0 Å². The van der Waals surface area contributed by atoms with Gasteiger partial charge in [0, 0.05) is 18.7 Å². The van der Waals surface area contributed by atoms with Crippen LogP contribution >= 0.6 is 23.4 Å². The van der Waals surface area contributed by atoms with Crippen molar-refractivity contribution < 1.29 is 4.79 Å². The number of benzene rings is 1. The summed E-state index contributed by atoms with van der Waals surface area (Å²) < 4.78 is 0. The molecule has 0 radical (unpaired) electrons. The third-order valence-corrected chi connectivity index (χ3v) is 3.79. The van der Waals surface area contributed by atoms with Crippen molar-refractivity contribution >= 4 is 45.8 Å². The molecule has 0 saturated carbocycles. The summed E-state index contributed by atoms with van der Waals surface area (Å²) in [6.07, 6.45) is 5.08. The molecule has 1 amide bonds. The Labute approximate surface area is 126 Å². The molecule has 0 unspecified atom stereocenters. The SMILES string of the molecule is CSC(=Nc1cc(N2CCCC2=O)ccc1Cl)NC#N. The second-order valence-corrected chi connectivity index (χ2v) is 5.34. The third kappa shape index (κ3) is 3.24. The van der Waals surface area contributed by atoms with E-state index < -0.39 is 0 Å². The molecular weight excluding hydrogens is 296 g/mol. The first-order valence-corrected chi connectivity index (χ1v) is 7.63. The number of amidine groups is 1. The van der Waals surface area contributed by atoms with Crippen molar-refractivity contribution in [3.63, 3.8) is 0 Å². The molecule has 104 valence electrons. The maximum Gasteiger partial charge on any atom is 0.227 e. The van der Waals surface area contributed by atoms with Gasteiger partial charge >= 0.3 is 0 Å². The fourth-order valence-electron chi connectivity index (χ4n) is 1.96. The first kappa shape index (κ1) is 14.7. The van der Waals surface area contributed by atoms with Crippen molar-refractivity contribution in [2.75, 3.05) is 17.7 Å². The highest BCUT2D eigenvalue weighted by molar-refractivity contribution is 8.13. The Kier molecular flexibility index (Phi) is 4.88. The van der Waals surface area contributed by atoms with E-state index >= 15 is 0 Å². The molecule has 1 saturated heterocycles. The number of amides is 1. The Bertz CT molecular complexity index is 597. The van der Waals surface area contributed by atoms with Crippen molar-refractivity contribution in [3.05, 3.63) is 23.2 Å². The molecule has 20 heavy (non-hydrogen) atoms. The molecule has 1 N–H and O–H groups in total. The van der Waals surface area contributed by atoms with E-state index in [0.717, 1.165) is 18.7 Å². The molecule has 2 rings (SSSR count). The molecule has 1 aromatic carbocycles. The van der Waals surface area contributed by atoms with Crippen LogP contribution in [0.15, 0.2) is 23.2 Å². The van der Waals surface area contributed by atoms with Gasteiger partial charge in [0.1, 0.15) is 0 Å². The number of aliphatic imine (C=N–C) groups is 1. The number of nitrogens with zero attached hydrogens (tertiary/aromatic N) is 3. The second kappa shape index (κ2) is 6.64. The molecular formula is C13H13ClN4OS. The van der Waals surface area contributed by atoms with E-state index in [9.17, 15) is 4.79 Å². The van der Waals surface area contributed by atoms with Crippen LogP contribution in [0.2, 0.25) is 5.02 Å². The quantitative estimate of drug-likeness (QED) is 0.395. The lowest BCUT2D eigenvalue weighted by molar-refractivity contribution is -0.117. The summed E-state index contributed by atoms with van der Waals surface area (Å²) >= 11 is 7.42. The fraction of sp³-hybridized carbons (Fsp3) is 0.308. The summed E-state index contributed by atoms with van der Waals surface area (Å²) in [6, 6.07) is 5.29. The van der Waals surface area contributed by atoms with Crippen LogP contribution in [-0.2, 0) is 4.79 Å². The summed E-state index contributed by atoms with van der Waals surface area (Å²) in [4.78, 5) is 17.8. The fourth-order valence-corrected chi connectivity index (χ4v) is 2.45. The lowest BCUT2D eigenvalue weighted by Gasteiger charge is -2.16. The Hall–Kier alpha value is -1.71. The van der Waals surface area contributed by atoms with Gasteiger partial charge < -0.3 is 4.90 Å². The highest BCUT2D eigenvalue weighted by Gasteiger charge is 2.22. The predicted octanol–water partition coefficient (Wildman–Crippen LogP) is 2.89. The Morgan fingerprint density at radius 2 is 2.40 bits per heavy atom. The summed E-state index contributed by atoms with van der Waals surface area (Å²) in [5, 5.41) is 12.1. The third-order valence-electron chi connectivity index (χ3n) is 2.89. The zero-order valence-electron chi connectivity index (χ0n) is 10.9. The van der Waals surface area contributed by atoms with Gasteiger partial charge in [-0.3, -0.25) is 10.1 Å². The smallest absolute Gasteiger partial charge is 0.227 e. The molecule has 0 atom stereocenters. The van der Waals surface area contributed by atoms with Gasteiger partial charge in [-0.05, 0) is 30.9 Å². The van der Waals surface area contributed by atoms with Crippen molar-refractivity contribution in [1.82, 2.24) is 5.32 Å². The summed E-state index contributed by atoms with van der Waals surface area (Å²) in [5.74, 6) is 0.113. The number of nitriles is 1. The largest absolute Gasteiger partial charge is 0.312 e. The molecule has 1 fully saturated rings. The summed E-state index contributed by atoms with van der Waals surface area (Å²) in [5.41, 5.74) is 1.32. The minimum absolute atomic E-state index is 0.113. The van der Waals surface area contributed by atoms with E-state index in [4.69, 9.17) is 16.9 Å². The number of halogens is 1.